The van der Waals surface area contributed by atoms with Crippen LogP contribution in [0.4, 0.5) is 0 Å². The SMILES string of the molecule is CC[C@H](O)[C@@H](C)[C@@H](OCc1ccccc1)[C@H](C)C[C@@H](C)[C@@H](OCc1ccccc1)[C@H](C)C[C@@H](C)COC(c1ccccc1)(c1ccccc1)c1ccccc1. The second-order valence-electron chi connectivity index (χ2n) is 16.0. The number of hydrogen-bond donors (Lipinski definition) is 1. The van der Waals surface area contributed by atoms with Gasteiger partial charge in [-0.15, -0.1) is 0 Å². The average Bonchev–Trinajstić information content (AvgIpc) is 3.22. The van der Waals surface area contributed by atoms with Crippen LogP contribution in [-0.4, -0.2) is 30.0 Å². The first kappa shape index (κ1) is 42.1. The van der Waals surface area contributed by atoms with E-state index in [4.69, 9.17) is 14.2 Å². The van der Waals surface area contributed by atoms with Crippen LogP contribution in [0.25, 0.3) is 0 Å². The van der Waals surface area contributed by atoms with Crippen LogP contribution in [0.15, 0.2) is 152 Å². The Kier molecular flexibility index (Phi) is 16.3. The smallest absolute Gasteiger partial charge is 0.143 e. The van der Waals surface area contributed by atoms with E-state index in [1.165, 1.54) is 5.56 Å². The average molecular weight is 741 g/mol. The topological polar surface area (TPSA) is 47.9 Å². The first-order valence-electron chi connectivity index (χ1n) is 20.5. The molecule has 4 nitrogen and oxygen atoms in total. The molecule has 55 heavy (non-hydrogen) atoms. The van der Waals surface area contributed by atoms with E-state index < -0.39 is 11.7 Å². The summed E-state index contributed by atoms with van der Waals surface area (Å²) < 4.78 is 20.8. The monoisotopic (exact) mass is 740 g/mol. The van der Waals surface area contributed by atoms with Gasteiger partial charge < -0.3 is 19.3 Å². The molecule has 1 N–H and O–H groups in total. The number of rotatable bonds is 22. The van der Waals surface area contributed by atoms with Crippen molar-refractivity contribution in [3.63, 3.8) is 0 Å². The van der Waals surface area contributed by atoms with Crippen molar-refractivity contribution >= 4 is 0 Å². The molecule has 0 fully saturated rings. The van der Waals surface area contributed by atoms with Crippen LogP contribution < -0.4 is 0 Å². The zero-order chi connectivity index (χ0) is 39.0. The molecule has 292 valence electrons. The molecule has 0 radical (unpaired) electrons. The van der Waals surface area contributed by atoms with E-state index in [-0.39, 0.29) is 41.8 Å². The Morgan fingerprint density at radius 3 is 1.27 bits per heavy atom. The van der Waals surface area contributed by atoms with Crippen molar-refractivity contribution in [2.75, 3.05) is 6.61 Å². The van der Waals surface area contributed by atoms with E-state index in [1.807, 2.05) is 13.0 Å². The van der Waals surface area contributed by atoms with Gasteiger partial charge in [-0.3, -0.25) is 0 Å². The molecule has 0 aliphatic heterocycles. The lowest BCUT2D eigenvalue weighted by Crippen LogP contribution is -2.39. The maximum atomic E-state index is 11.0. The summed E-state index contributed by atoms with van der Waals surface area (Å²) >= 11 is 0. The van der Waals surface area contributed by atoms with Crippen molar-refractivity contribution in [1.82, 2.24) is 0 Å². The van der Waals surface area contributed by atoms with Gasteiger partial charge in [0.25, 0.3) is 0 Å². The molecule has 5 rings (SSSR count). The van der Waals surface area contributed by atoms with Crippen molar-refractivity contribution in [2.45, 2.75) is 97.9 Å². The second kappa shape index (κ2) is 21.3. The third-order valence-corrected chi connectivity index (χ3v) is 11.4. The van der Waals surface area contributed by atoms with Gasteiger partial charge in [0, 0.05) is 5.92 Å². The molecule has 0 saturated carbocycles. The Morgan fingerprint density at radius 2 is 0.855 bits per heavy atom. The fraction of sp³-hybridized carbons (Fsp3) is 0.412. The van der Waals surface area contributed by atoms with Crippen molar-refractivity contribution in [1.29, 1.82) is 0 Å². The van der Waals surface area contributed by atoms with Gasteiger partial charge in [0.1, 0.15) is 5.60 Å². The van der Waals surface area contributed by atoms with Gasteiger partial charge in [-0.1, -0.05) is 193 Å². The Morgan fingerprint density at radius 1 is 0.491 bits per heavy atom. The molecule has 5 aromatic rings. The molecular weight excluding hydrogens is 677 g/mol. The molecule has 0 bridgehead atoms. The van der Waals surface area contributed by atoms with Gasteiger partial charge in [-0.05, 0) is 70.8 Å². The van der Waals surface area contributed by atoms with Crippen LogP contribution in [0.5, 0.6) is 0 Å². The number of aliphatic hydroxyl groups is 1. The predicted molar refractivity (Wildman–Crippen MR) is 227 cm³/mol. The molecule has 4 heteroatoms. The van der Waals surface area contributed by atoms with Gasteiger partial charge in [-0.2, -0.15) is 0 Å². The van der Waals surface area contributed by atoms with Crippen LogP contribution in [-0.2, 0) is 33.0 Å². The highest BCUT2D eigenvalue weighted by Gasteiger charge is 2.39. The van der Waals surface area contributed by atoms with Crippen LogP contribution in [0.1, 0.15) is 88.6 Å². The fourth-order valence-electron chi connectivity index (χ4n) is 8.58. The summed E-state index contributed by atoms with van der Waals surface area (Å²) in [5, 5.41) is 11.0. The Labute approximate surface area is 331 Å². The summed E-state index contributed by atoms with van der Waals surface area (Å²) in [6, 6.07) is 52.7. The fourth-order valence-corrected chi connectivity index (χ4v) is 8.58. The minimum Gasteiger partial charge on any atom is -0.393 e. The Hall–Kier alpha value is -4.06. The third-order valence-electron chi connectivity index (χ3n) is 11.4. The zero-order valence-electron chi connectivity index (χ0n) is 34.0. The largest absolute Gasteiger partial charge is 0.393 e. The molecular formula is C51H64O4. The van der Waals surface area contributed by atoms with E-state index in [0.29, 0.717) is 26.2 Å². The van der Waals surface area contributed by atoms with Gasteiger partial charge in [0.15, 0.2) is 0 Å². The maximum absolute atomic E-state index is 11.0. The Bertz CT molecular complexity index is 1650. The van der Waals surface area contributed by atoms with Gasteiger partial charge in [0.05, 0.1) is 38.1 Å². The summed E-state index contributed by atoms with van der Waals surface area (Å²) in [5.41, 5.74) is 4.93. The van der Waals surface area contributed by atoms with E-state index in [0.717, 1.165) is 35.1 Å². The summed E-state index contributed by atoms with van der Waals surface area (Å²) in [7, 11) is 0. The first-order valence-corrected chi connectivity index (χ1v) is 20.5. The zero-order valence-corrected chi connectivity index (χ0v) is 34.0. The van der Waals surface area contributed by atoms with Crippen molar-refractivity contribution in [3.05, 3.63) is 179 Å². The highest BCUT2D eigenvalue weighted by atomic mass is 16.5. The first-order chi connectivity index (χ1) is 26.7. The van der Waals surface area contributed by atoms with Gasteiger partial charge >= 0.3 is 0 Å². The lowest BCUT2D eigenvalue weighted by molar-refractivity contribution is -0.0834. The van der Waals surface area contributed by atoms with E-state index in [2.05, 4.69) is 180 Å². The summed E-state index contributed by atoms with van der Waals surface area (Å²) in [4.78, 5) is 0. The predicted octanol–water partition coefficient (Wildman–Crippen LogP) is 11.9. The highest BCUT2D eigenvalue weighted by Crippen LogP contribution is 2.41. The number of hydrogen-bond acceptors (Lipinski definition) is 4. The Balaban J connectivity index is 1.35. The molecule has 5 aromatic carbocycles. The van der Waals surface area contributed by atoms with E-state index in [9.17, 15) is 5.11 Å². The third kappa shape index (κ3) is 11.5. The normalized spacial score (nSPS) is 16.3. The van der Waals surface area contributed by atoms with E-state index >= 15 is 0 Å². The lowest BCUT2D eigenvalue weighted by Gasteiger charge is -2.38. The van der Waals surface area contributed by atoms with Crippen molar-refractivity contribution in [2.24, 2.45) is 29.6 Å². The van der Waals surface area contributed by atoms with Crippen molar-refractivity contribution in [3.8, 4) is 0 Å². The number of benzene rings is 5. The molecule has 8 atom stereocenters. The van der Waals surface area contributed by atoms with Crippen LogP contribution in [0, 0.1) is 29.6 Å². The minimum absolute atomic E-state index is 0.00769. The molecule has 0 saturated heterocycles. The minimum atomic E-state index is -0.748. The molecule has 0 aliphatic carbocycles. The summed E-state index contributed by atoms with van der Waals surface area (Å²) in [6.07, 6.45) is 2.09. The van der Waals surface area contributed by atoms with E-state index in [1.54, 1.807) is 0 Å². The van der Waals surface area contributed by atoms with Gasteiger partial charge in [-0.25, -0.2) is 0 Å². The molecule has 0 aliphatic rings. The molecule has 0 spiro atoms. The number of ether oxygens (including phenoxy) is 3. The quantitative estimate of drug-likeness (QED) is 0.0718. The maximum Gasteiger partial charge on any atom is 0.143 e. The van der Waals surface area contributed by atoms with Crippen LogP contribution >= 0.6 is 0 Å². The van der Waals surface area contributed by atoms with Crippen LogP contribution in [0.2, 0.25) is 0 Å². The summed E-state index contributed by atoms with van der Waals surface area (Å²) in [5.74, 6) is 1.01. The van der Waals surface area contributed by atoms with Crippen LogP contribution in [0.3, 0.4) is 0 Å². The number of aliphatic hydroxyl groups excluding tert-OH is 1. The molecule has 0 unspecified atom stereocenters. The highest BCUT2D eigenvalue weighted by molar-refractivity contribution is 5.47. The lowest BCUT2D eigenvalue weighted by atomic mass is 9.78. The summed E-state index contributed by atoms with van der Waals surface area (Å²) in [6.45, 7) is 15.2. The van der Waals surface area contributed by atoms with Gasteiger partial charge in [0.2, 0.25) is 0 Å². The molecule has 0 heterocycles. The molecule has 0 amide bonds. The van der Waals surface area contributed by atoms with Crippen molar-refractivity contribution < 1.29 is 19.3 Å². The standard InChI is InChI=1S/C51H64O4/c1-7-48(52)42(6)50(54-37-44-25-15-9-16-26-44)41(5)34-40(4)49(53-36-43-23-13-8-14-24-43)39(3)33-38(2)35-55-51(45-27-17-10-18-28-45,46-29-19-11-20-30-46)47-31-21-12-22-32-47/h8-32,38-42,48-50,52H,7,33-37H2,1-6H3/t38-,39-,40-,41-,42-,48+,49+,50+/m1/s1. The second-order valence-corrected chi connectivity index (χ2v) is 16.0. The molecule has 0 aromatic heterocycles.